The first-order valence-corrected chi connectivity index (χ1v) is 14.1. The van der Waals surface area contributed by atoms with Gasteiger partial charge in [-0.25, -0.2) is 18.4 Å². The summed E-state index contributed by atoms with van der Waals surface area (Å²) >= 11 is 0. The van der Waals surface area contributed by atoms with E-state index in [0.29, 0.717) is 30.0 Å². The molecule has 38 heavy (non-hydrogen) atoms. The van der Waals surface area contributed by atoms with Crippen LogP contribution < -0.4 is 11.1 Å². The number of nitrogens with zero attached hydrogens (tertiary/aromatic N) is 5. The smallest absolute Gasteiger partial charge is 0.278 e. The molecule has 1 aromatic carbocycles. The Labute approximate surface area is 229 Å². The minimum absolute atomic E-state index is 0. The number of likely N-dealkylation sites (tertiary alicyclic amines) is 1. The number of hydrogen-bond donors (Lipinski definition) is 2. The van der Waals surface area contributed by atoms with Gasteiger partial charge in [-0.3, -0.25) is 9.78 Å². The van der Waals surface area contributed by atoms with Gasteiger partial charge in [-0.1, -0.05) is 12.1 Å². The molecule has 0 radical (unpaired) electrons. The Bertz CT molecular complexity index is 1370. The molecule has 12 heteroatoms. The lowest BCUT2D eigenvalue weighted by Gasteiger charge is -2.16. The van der Waals surface area contributed by atoms with Crippen LogP contribution in [-0.2, 0) is 16.4 Å². The summed E-state index contributed by atoms with van der Waals surface area (Å²) in [4.78, 5) is 28.6. The summed E-state index contributed by atoms with van der Waals surface area (Å²) in [5.41, 5.74) is 8.68. The molecule has 2 aromatic heterocycles. The van der Waals surface area contributed by atoms with Gasteiger partial charge in [-0.2, -0.15) is 4.31 Å². The lowest BCUT2D eigenvalue weighted by Crippen LogP contribution is -2.27. The van der Waals surface area contributed by atoms with E-state index in [0.717, 1.165) is 44.5 Å². The van der Waals surface area contributed by atoms with Crippen molar-refractivity contribution in [2.24, 2.45) is 0 Å². The molecule has 4 heterocycles. The van der Waals surface area contributed by atoms with Crippen molar-refractivity contribution in [3.63, 3.8) is 0 Å². The minimum Gasteiger partial charge on any atom is -0.382 e. The van der Waals surface area contributed by atoms with Crippen molar-refractivity contribution >= 4 is 39.8 Å². The molecule has 0 atom stereocenters. The van der Waals surface area contributed by atoms with Crippen molar-refractivity contribution in [3.8, 4) is 11.3 Å². The fraction of sp³-hybridized carbons (Fsp3) is 0.385. The molecule has 2 fully saturated rings. The van der Waals surface area contributed by atoms with Crippen LogP contribution in [0.3, 0.4) is 0 Å². The van der Waals surface area contributed by atoms with Crippen LogP contribution in [0, 0.1) is 0 Å². The molecule has 3 N–H and O–H groups in total. The molecule has 0 unspecified atom stereocenters. The normalized spacial score (nSPS) is 16.3. The fourth-order valence-electron chi connectivity index (χ4n) is 4.80. The Kier molecular flexibility index (Phi) is 8.93. The van der Waals surface area contributed by atoms with E-state index in [1.54, 1.807) is 36.7 Å². The zero-order chi connectivity index (χ0) is 25.8. The highest BCUT2D eigenvalue weighted by Gasteiger charge is 2.27. The van der Waals surface area contributed by atoms with Crippen LogP contribution in [0.1, 0.15) is 41.7 Å². The number of nitrogens with two attached hydrogens (primary N) is 1. The summed E-state index contributed by atoms with van der Waals surface area (Å²) in [6.45, 7) is 4.23. The molecule has 2 aliphatic heterocycles. The third-order valence-corrected chi connectivity index (χ3v) is 8.84. The Morgan fingerprint density at radius 2 is 1.66 bits per heavy atom. The first kappa shape index (κ1) is 27.9. The predicted molar refractivity (Wildman–Crippen MR) is 149 cm³/mol. The van der Waals surface area contributed by atoms with Crippen LogP contribution in [-0.4, -0.2) is 71.2 Å². The molecule has 1 amide bonds. The van der Waals surface area contributed by atoms with Gasteiger partial charge in [0.2, 0.25) is 10.0 Å². The SMILES string of the molecule is Cl.Nc1ncc(-c2ccc(S(=O)(=O)N3CCCC3)cc2)nc1C(=O)Nc1cnccc1CCN1CCCC1. The third-order valence-electron chi connectivity index (χ3n) is 6.92. The topological polar surface area (TPSA) is 134 Å². The molecular weight excluding hydrogens is 526 g/mol. The average Bonchev–Trinajstić information content (AvgIpc) is 3.64. The number of rotatable bonds is 8. The largest absolute Gasteiger partial charge is 0.382 e. The van der Waals surface area contributed by atoms with Crippen molar-refractivity contribution in [2.45, 2.75) is 37.0 Å². The van der Waals surface area contributed by atoms with E-state index in [2.05, 4.69) is 25.2 Å². The highest BCUT2D eigenvalue weighted by Crippen LogP contribution is 2.25. The molecule has 202 valence electrons. The monoisotopic (exact) mass is 557 g/mol. The van der Waals surface area contributed by atoms with Gasteiger partial charge in [0.1, 0.15) is 0 Å². The number of carbonyl (C=O) groups is 1. The number of sulfonamides is 1. The van der Waals surface area contributed by atoms with E-state index >= 15 is 0 Å². The summed E-state index contributed by atoms with van der Waals surface area (Å²) in [5.74, 6) is -0.465. The number of aromatic nitrogens is 3. The van der Waals surface area contributed by atoms with Crippen molar-refractivity contribution in [3.05, 3.63) is 60.2 Å². The van der Waals surface area contributed by atoms with Crippen LogP contribution in [0.4, 0.5) is 11.5 Å². The second kappa shape index (κ2) is 12.2. The number of carbonyl (C=O) groups excluding carboxylic acids is 1. The zero-order valence-corrected chi connectivity index (χ0v) is 22.7. The van der Waals surface area contributed by atoms with Gasteiger partial charge < -0.3 is 16.0 Å². The van der Waals surface area contributed by atoms with E-state index in [9.17, 15) is 13.2 Å². The Morgan fingerprint density at radius 3 is 2.37 bits per heavy atom. The number of benzene rings is 1. The van der Waals surface area contributed by atoms with Crippen molar-refractivity contribution in [2.75, 3.05) is 43.8 Å². The summed E-state index contributed by atoms with van der Waals surface area (Å²) in [6, 6.07) is 8.37. The quantitative estimate of drug-likeness (QED) is 0.431. The molecular formula is C26H32ClN7O3S. The molecule has 0 bridgehead atoms. The van der Waals surface area contributed by atoms with Gasteiger partial charge >= 0.3 is 0 Å². The Morgan fingerprint density at radius 1 is 0.974 bits per heavy atom. The van der Waals surface area contributed by atoms with Crippen molar-refractivity contribution < 1.29 is 13.2 Å². The average molecular weight is 558 g/mol. The Hall–Kier alpha value is -3.12. The standard InChI is InChI=1S/C26H31N7O3S.ClH/c27-25-24(26(34)31-22-17-28-11-9-20(22)10-16-32-12-1-2-13-32)30-23(18-29-25)19-5-7-21(8-6-19)37(35,36)33-14-3-4-15-33;/h5-9,11,17-18H,1-4,10,12-16H2,(H2,27,29)(H,31,34);1H. The van der Waals surface area contributed by atoms with E-state index in [-0.39, 0.29) is 28.8 Å². The van der Waals surface area contributed by atoms with Gasteiger partial charge in [-0.05, 0) is 69.0 Å². The first-order chi connectivity index (χ1) is 17.9. The van der Waals surface area contributed by atoms with Crippen LogP contribution in [0.15, 0.2) is 53.8 Å². The number of amides is 1. The molecule has 0 saturated carbocycles. The number of pyridine rings is 1. The maximum absolute atomic E-state index is 13.1. The van der Waals surface area contributed by atoms with Crippen LogP contribution in [0.5, 0.6) is 0 Å². The molecule has 3 aromatic rings. The molecule has 0 aliphatic carbocycles. The fourth-order valence-corrected chi connectivity index (χ4v) is 6.32. The summed E-state index contributed by atoms with van der Waals surface area (Å²) in [5, 5.41) is 2.89. The van der Waals surface area contributed by atoms with E-state index in [1.807, 2.05) is 6.07 Å². The van der Waals surface area contributed by atoms with E-state index in [1.165, 1.54) is 23.3 Å². The number of anilines is 2. The highest BCUT2D eigenvalue weighted by molar-refractivity contribution is 7.89. The van der Waals surface area contributed by atoms with E-state index < -0.39 is 15.9 Å². The predicted octanol–water partition coefficient (Wildman–Crippen LogP) is 3.22. The molecule has 5 rings (SSSR count). The van der Waals surface area contributed by atoms with Crippen LogP contribution >= 0.6 is 12.4 Å². The lowest BCUT2D eigenvalue weighted by atomic mass is 10.1. The van der Waals surface area contributed by atoms with Gasteiger partial charge in [-0.15, -0.1) is 12.4 Å². The molecule has 10 nitrogen and oxygen atoms in total. The first-order valence-electron chi connectivity index (χ1n) is 12.6. The molecule has 2 saturated heterocycles. The minimum atomic E-state index is -3.51. The van der Waals surface area contributed by atoms with Gasteiger partial charge in [0.15, 0.2) is 11.5 Å². The highest BCUT2D eigenvalue weighted by atomic mass is 35.5. The second-order valence-electron chi connectivity index (χ2n) is 9.41. The summed E-state index contributed by atoms with van der Waals surface area (Å²) < 4.78 is 27.1. The number of nitrogen functional groups attached to an aromatic ring is 1. The van der Waals surface area contributed by atoms with Crippen LogP contribution in [0.25, 0.3) is 11.3 Å². The number of nitrogens with one attached hydrogen (secondary N) is 1. The van der Waals surface area contributed by atoms with Crippen LogP contribution in [0.2, 0.25) is 0 Å². The van der Waals surface area contributed by atoms with Gasteiger partial charge in [0, 0.05) is 31.4 Å². The second-order valence-corrected chi connectivity index (χ2v) is 11.3. The zero-order valence-electron chi connectivity index (χ0n) is 21.0. The van der Waals surface area contributed by atoms with Gasteiger partial charge in [0.25, 0.3) is 5.91 Å². The lowest BCUT2D eigenvalue weighted by molar-refractivity contribution is 0.102. The van der Waals surface area contributed by atoms with Gasteiger partial charge in [0.05, 0.1) is 28.7 Å². The van der Waals surface area contributed by atoms with Crippen molar-refractivity contribution in [1.82, 2.24) is 24.2 Å². The number of hydrogen-bond acceptors (Lipinski definition) is 8. The molecule has 0 spiro atoms. The number of halogens is 1. The Balaban J connectivity index is 0.00000336. The maximum atomic E-state index is 13.1. The summed E-state index contributed by atoms with van der Waals surface area (Å²) in [7, 11) is -3.51. The maximum Gasteiger partial charge on any atom is 0.278 e. The van der Waals surface area contributed by atoms with E-state index in [4.69, 9.17) is 5.73 Å². The molecule has 2 aliphatic rings. The summed E-state index contributed by atoms with van der Waals surface area (Å²) in [6.07, 6.45) is 9.83. The van der Waals surface area contributed by atoms with Crippen molar-refractivity contribution in [1.29, 1.82) is 0 Å². The third kappa shape index (κ3) is 6.12.